The molecule has 3 N–H and O–H groups in total. The maximum Gasteiger partial charge on any atom is 0.269 e. The lowest BCUT2D eigenvalue weighted by Gasteiger charge is -2.09. The van der Waals surface area contributed by atoms with Gasteiger partial charge in [0.25, 0.3) is 5.91 Å². The predicted octanol–water partition coefficient (Wildman–Crippen LogP) is 0.625. The van der Waals surface area contributed by atoms with Crippen LogP contribution in [0.1, 0.15) is 24.3 Å². The van der Waals surface area contributed by atoms with Gasteiger partial charge >= 0.3 is 0 Å². The molecule has 19 heavy (non-hydrogen) atoms. The highest BCUT2D eigenvalue weighted by molar-refractivity contribution is 5.93. The molecule has 0 spiro atoms. The van der Waals surface area contributed by atoms with Crippen LogP contribution in [0.3, 0.4) is 0 Å². The summed E-state index contributed by atoms with van der Waals surface area (Å²) in [4.78, 5) is 26.9. The van der Waals surface area contributed by atoms with Crippen LogP contribution in [0.4, 0.5) is 5.69 Å². The van der Waals surface area contributed by atoms with Crippen molar-refractivity contribution >= 4 is 17.5 Å². The van der Waals surface area contributed by atoms with Crippen molar-refractivity contribution in [2.45, 2.75) is 13.8 Å². The molecule has 1 heterocycles. The summed E-state index contributed by atoms with van der Waals surface area (Å²) in [5.74, 6) is 0.0876. The highest BCUT2D eigenvalue weighted by Gasteiger charge is 2.06. The first-order valence-corrected chi connectivity index (χ1v) is 6.21. The molecular weight excluding hydrogens is 244 g/mol. The minimum absolute atomic E-state index is 0.0768. The number of pyridine rings is 1. The fourth-order valence-corrected chi connectivity index (χ4v) is 1.36. The van der Waals surface area contributed by atoms with E-state index in [1.807, 2.05) is 13.8 Å². The van der Waals surface area contributed by atoms with Crippen LogP contribution in [0.2, 0.25) is 0 Å². The van der Waals surface area contributed by atoms with E-state index in [2.05, 4.69) is 20.9 Å². The maximum atomic E-state index is 11.5. The Kier molecular flexibility index (Phi) is 5.78. The van der Waals surface area contributed by atoms with E-state index in [1.165, 1.54) is 6.20 Å². The lowest BCUT2D eigenvalue weighted by Crippen LogP contribution is -2.32. The highest BCUT2D eigenvalue weighted by Crippen LogP contribution is 2.07. The summed E-state index contributed by atoms with van der Waals surface area (Å²) in [5, 5.41) is 8.26. The van der Waals surface area contributed by atoms with Crippen molar-refractivity contribution < 1.29 is 9.59 Å². The van der Waals surface area contributed by atoms with Crippen LogP contribution in [0, 0.1) is 5.92 Å². The molecule has 1 aromatic heterocycles. The van der Waals surface area contributed by atoms with E-state index in [1.54, 1.807) is 19.2 Å². The molecule has 0 unspecified atom stereocenters. The van der Waals surface area contributed by atoms with Crippen LogP contribution in [-0.4, -0.2) is 36.9 Å². The third-order valence-electron chi connectivity index (χ3n) is 2.38. The van der Waals surface area contributed by atoms with Crippen molar-refractivity contribution in [3.05, 3.63) is 24.0 Å². The first kappa shape index (κ1) is 14.9. The first-order chi connectivity index (χ1) is 9.02. The Balaban J connectivity index is 2.49. The lowest BCUT2D eigenvalue weighted by atomic mass is 10.2. The summed E-state index contributed by atoms with van der Waals surface area (Å²) < 4.78 is 0. The number of hydrogen-bond donors (Lipinski definition) is 3. The number of carbonyl (C=O) groups excluding carboxylic acids is 2. The van der Waals surface area contributed by atoms with E-state index in [4.69, 9.17) is 0 Å². The van der Waals surface area contributed by atoms with E-state index < -0.39 is 0 Å². The number of amides is 2. The molecule has 2 amide bonds. The molecule has 104 valence electrons. The number of rotatable bonds is 6. The number of carbonyl (C=O) groups is 2. The minimum atomic E-state index is -0.257. The Bertz CT molecular complexity index is 446. The zero-order valence-corrected chi connectivity index (χ0v) is 11.5. The highest BCUT2D eigenvalue weighted by atomic mass is 16.2. The van der Waals surface area contributed by atoms with Crippen molar-refractivity contribution in [3.8, 4) is 0 Å². The van der Waals surface area contributed by atoms with Crippen LogP contribution < -0.4 is 16.0 Å². The topological polar surface area (TPSA) is 83.1 Å². The van der Waals surface area contributed by atoms with Gasteiger partial charge in [-0.05, 0) is 18.1 Å². The molecule has 0 aliphatic carbocycles. The van der Waals surface area contributed by atoms with Crippen LogP contribution in [0.25, 0.3) is 0 Å². The van der Waals surface area contributed by atoms with Crippen LogP contribution in [-0.2, 0) is 4.79 Å². The van der Waals surface area contributed by atoms with Crippen molar-refractivity contribution in [2.24, 2.45) is 5.92 Å². The minimum Gasteiger partial charge on any atom is -0.376 e. The first-order valence-electron chi connectivity index (χ1n) is 6.21. The molecule has 0 aliphatic rings. The van der Waals surface area contributed by atoms with Crippen molar-refractivity contribution in [2.75, 3.05) is 25.5 Å². The van der Waals surface area contributed by atoms with Crippen LogP contribution >= 0.6 is 0 Å². The molecule has 1 aromatic rings. The average molecular weight is 264 g/mol. The summed E-state index contributed by atoms with van der Waals surface area (Å²) >= 11 is 0. The van der Waals surface area contributed by atoms with Gasteiger partial charge in [-0.1, -0.05) is 13.8 Å². The van der Waals surface area contributed by atoms with E-state index in [9.17, 15) is 9.59 Å². The molecule has 0 bridgehead atoms. The molecule has 6 nitrogen and oxygen atoms in total. The normalized spacial score (nSPS) is 10.1. The summed E-state index contributed by atoms with van der Waals surface area (Å²) in [6.45, 7) is 4.89. The Labute approximate surface area is 113 Å². The van der Waals surface area contributed by atoms with Gasteiger partial charge in [0, 0.05) is 25.5 Å². The summed E-state index contributed by atoms with van der Waals surface area (Å²) in [6, 6.07) is 3.32. The summed E-state index contributed by atoms with van der Waals surface area (Å²) in [5.41, 5.74) is 1.00. The smallest absolute Gasteiger partial charge is 0.269 e. The standard InChI is InChI=1S/C13H20N4O2/c1-9(2)7-17-12(18)8-16-10-4-5-15-11(6-10)13(19)14-3/h4-6,9H,7-8H2,1-3H3,(H,14,19)(H,15,16)(H,17,18). The van der Waals surface area contributed by atoms with Crippen LogP contribution in [0.15, 0.2) is 18.3 Å². The monoisotopic (exact) mass is 264 g/mol. The van der Waals surface area contributed by atoms with Gasteiger partial charge in [-0.3, -0.25) is 14.6 Å². The molecule has 0 saturated heterocycles. The van der Waals surface area contributed by atoms with Gasteiger partial charge in [0.2, 0.25) is 5.91 Å². The Morgan fingerprint density at radius 2 is 2.11 bits per heavy atom. The molecule has 1 rings (SSSR count). The van der Waals surface area contributed by atoms with Gasteiger partial charge in [0.05, 0.1) is 6.54 Å². The van der Waals surface area contributed by atoms with Gasteiger partial charge in [-0.25, -0.2) is 0 Å². The van der Waals surface area contributed by atoms with Gasteiger partial charge in [0.1, 0.15) is 5.69 Å². The Hall–Kier alpha value is -2.11. The lowest BCUT2D eigenvalue weighted by molar-refractivity contribution is -0.119. The van der Waals surface area contributed by atoms with Crippen molar-refractivity contribution in [1.82, 2.24) is 15.6 Å². The fourth-order valence-electron chi connectivity index (χ4n) is 1.36. The number of aromatic nitrogens is 1. The van der Waals surface area contributed by atoms with Gasteiger partial charge in [-0.15, -0.1) is 0 Å². The molecule has 0 atom stereocenters. The van der Waals surface area contributed by atoms with Crippen molar-refractivity contribution in [1.29, 1.82) is 0 Å². The molecule has 0 aliphatic heterocycles. The third-order valence-corrected chi connectivity index (χ3v) is 2.38. The zero-order chi connectivity index (χ0) is 14.3. The second kappa shape index (κ2) is 7.35. The SMILES string of the molecule is CNC(=O)c1cc(NCC(=O)NCC(C)C)ccn1. The quantitative estimate of drug-likeness (QED) is 0.703. The zero-order valence-electron chi connectivity index (χ0n) is 11.5. The maximum absolute atomic E-state index is 11.5. The van der Waals surface area contributed by atoms with Crippen molar-refractivity contribution in [3.63, 3.8) is 0 Å². The van der Waals surface area contributed by atoms with E-state index in [-0.39, 0.29) is 18.4 Å². The predicted molar refractivity (Wildman–Crippen MR) is 74.0 cm³/mol. The van der Waals surface area contributed by atoms with Crippen LogP contribution in [0.5, 0.6) is 0 Å². The number of nitrogens with zero attached hydrogens (tertiary/aromatic N) is 1. The summed E-state index contributed by atoms with van der Waals surface area (Å²) in [6.07, 6.45) is 1.53. The molecule has 0 fully saturated rings. The summed E-state index contributed by atoms with van der Waals surface area (Å²) in [7, 11) is 1.55. The molecule has 0 radical (unpaired) electrons. The van der Waals surface area contributed by atoms with E-state index in [0.717, 1.165) is 0 Å². The molecular formula is C13H20N4O2. The average Bonchev–Trinajstić information content (AvgIpc) is 2.42. The number of hydrogen-bond acceptors (Lipinski definition) is 4. The molecule has 0 aromatic carbocycles. The van der Waals surface area contributed by atoms with Gasteiger partial charge < -0.3 is 16.0 Å². The number of nitrogens with one attached hydrogen (secondary N) is 3. The fraction of sp³-hybridized carbons (Fsp3) is 0.462. The Morgan fingerprint density at radius 3 is 2.74 bits per heavy atom. The second-order valence-electron chi connectivity index (χ2n) is 4.56. The molecule has 6 heteroatoms. The van der Waals surface area contributed by atoms with E-state index in [0.29, 0.717) is 23.8 Å². The Morgan fingerprint density at radius 1 is 1.37 bits per heavy atom. The molecule has 0 saturated carbocycles. The largest absolute Gasteiger partial charge is 0.376 e. The number of anilines is 1. The van der Waals surface area contributed by atoms with Gasteiger partial charge in [0.15, 0.2) is 0 Å². The third kappa shape index (κ3) is 5.37. The van der Waals surface area contributed by atoms with Gasteiger partial charge in [-0.2, -0.15) is 0 Å². The van der Waals surface area contributed by atoms with E-state index >= 15 is 0 Å². The second-order valence-corrected chi connectivity index (χ2v) is 4.56.